The molecule has 0 bridgehead atoms. The number of benzene rings is 2. The van der Waals surface area contributed by atoms with Crippen molar-refractivity contribution < 1.29 is 9.84 Å². The minimum Gasteiger partial charge on any atom is -0.456 e. The van der Waals surface area contributed by atoms with E-state index < -0.39 is 6.10 Å². The summed E-state index contributed by atoms with van der Waals surface area (Å²) in [5, 5.41) is 9.62. The molecule has 0 aromatic heterocycles. The van der Waals surface area contributed by atoms with Crippen molar-refractivity contribution in [1.29, 1.82) is 0 Å². The van der Waals surface area contributed by atoms with E-state index in [2.05, 4.69) is 35.8 Å². The number of ether oxygens (including phenoxy) is 1. The van der Waals surface area contributed by atoms with Gasteiger partial charge in [-0.3, -0.25) is 0 Å². The fourth-order valence-corrected chi connectivity index (χ4v) is 2.66. The summed E-state index contributed by atoms with van der Waals surface area (Å²) in [6.07, 6.45) is 0.588. The van der Waals surface area contributed by atoms with Gasteiger partial charge < -0.3 is 9.84 Å². The van der Waals surface area contributed by atoms with E-state index in [1.807, 2.05) is 36.4 Å². The van der Waals surface area contributed by atoms with Gasteiger partial charge in [-0.2, -0.15) is 0 Å². The highest BCUT2D eigenvalue weighted by Gasteiger charge is 2.12. The van der Waals surface area contributed by atoms with Crippen molar-refractivity contribution in [3.8, 4) is 11.5 Å². The smallest absolute Gasteiger partial charge is 0.141 e. The van der Waals surface area contributed by atoms with E-state index in [0.29, 0.717) is 5.92 Å². The normalized spacial score (nSPS) is 13.8. The molecule has 1 unspecified atom stereocenters. The van der Waals surface area contributed by atoms with Crippen LogP contribution in [0.3, 0.4) is 0 Å². The number of para-hydroxylation sites is 1. The lowest BCUT2D eigenvalue weighted by molar-refractivity contribution is 0.199. The SMILES string of the molecule is CCC(C)c1ccccc1Oc1ccc([C@H](C)O)cc1Br. The molecule has 112 valence electrons. The second-order valence-electron chi connectivity index (χ2n) is 5.32. The Morgan fingerprint density at radius 3 is 2.43 bits per heavy atom. The van der Waals surface area contributed by atoms with E-state index in [9.17, 15) is 5.11 Å². The van der Waals surface area contributed by atoms with Crippen LogP contribution in [0.2, 0.25) is 0 Å². The molecule has 0 radical (unpaired) electrons. The summed E-state index contributed by atoms with van der Waals surface area (Å²) in [7, 11) is 0. The second kappa shape index (κ2) is 7.10. The zero-order chi connectivity index (χ0) is 15.4. The van der Waals surface area contributed by atoms with Gasteiger partial charge in [-0.25, -0.2) is 0 Å². The summed E-state index contributed by atoms with van der Waals surface area (Å²) in [4.78, 5) is 0. The Hall–Kier alpha value is -1.32. The number of hydrogen-bond acceptors (Lipinski definition) is 2. The topological polar surface area (TPSA) is 29.5 Å². The standard InChI is InChI=1S/C18H21BrO2/c1-4-12(2)15-7-5-6-8-17(15)21-18-10-9-14(13(3)20)11-16(18)19/h5-13,20H,4H2,1-3H3/t12?,13-/m0/s1. The Labute approximate surface area is 134 Å². The molecule has 0 amide bonds. The summed E-state index contributed by atoms with van der Waals surface area (Å²) < 4.78 is 6.92. The second-order valence-corrected chi connectivity index (χ2v) is 6.17. The van der Waals surface area contributed by atoms with E-state index >= 15 is 0 Å². The number of hydrogen-bond donors (Lipinski definition) is 1. The molecule has 0 aliphatic rings. The molecular weight excluding hydrogens is 328 g/mol. The van der Waals surface area contributed by atoms with Gasteiger partial charge >= 0.3 is 0 Å². The largest absolute Gasteiger partial charge is 0.456 e. The third-order valence-corrected chi connectivity index (χ3v) is 4.34. The van der Waals surface area contributed by atoms with Crippen molar-refractivity contribution in [2.75, 3.05) is 0 Å². The summed E-state index contributed by atoms with van der Waals surface area (Å²) in [6, 6.07) is 13.8. The van der Waals surface area contributed by atoms with Gasteiger partial charge in [0, 0.05) is 0 Å². The Bertz CT molecular complexity index is 608. The van der Waals surface area contributed by atoms with Gasteiger partial charge in [0.25, 0.3) is 0 Å². The maximum atomic E-state index is 9.62. The zero-order valence-corrected chi connectivity index (χ0v) is 14.2. The summed E-state index contributed by atoms with van der Waals surface area (Å²) in [5.74, 6) is 2.10. The van der Waals surface area contributed by atoms with Crippen LogP contribution in [0, 0.1) is 0 Å². The predicted octanol–water partition coefficient (Wildman–Crippen LogP) is 5.81. The zero-order valence-electron chi connectivity index (χ0n) is 12.6. The maximum absolute atomic E-state index is 9.62. The van der Waals surface area contributed by atoms with Crippen molar-refractivity contribution >= 4 is 15.9 Å². The highest BCUT2D eigenvalue weighted by molar-refractivity contribution is 9.10. The first-order valence-electron chi connectivity index (χ1n) is 7.27. The lowest BCUT2D eigenvalue weighted by atomic mass is 9.98. The molecule has 0 saturated heterocycles. The number of aliphatic hydroxyl groups excluding tert-OH is 1. The molecule has 0 aliphatic heterocycles. The highest BCUT2D eigenvalue weighted by Crippen LogP contribution is 2.36. The third kappa shape index (κ3) is 3.86. The van der Waals surface area contributed by atoms with Crippen LogP contribution in [0.4, 0.5) is 0 Å². The average Bonchev–Trinajstić information content (AvgIpc) is 2.49. The van der Waals surface area contributed by atoms with Gasteiger partial charge in [-0.1, -0.05) is 38.1 Å². The first-order valence-corrected chi connectivity index (χ1v) is 8.06. The fraction of sp³-hybridized carbons (Fsp3) is 0.333. The van der Waals surface area contributed by atoms with Gasteiger partial charge in [0.15, 0.2) is 0 Å². The van der Waals surface area contributed by atoms with Gasteiger partial charge in [0.1, 0.15) is 11.5 Å². The van der Waals surface area contributed by atoms with Crippen LogP contribution < -0.4 is 4.74 Å². The van der Waals surface area contributed by atoms with Crippen LogP contribution in [0.15, 0.2) is 46.9 Å². The third-order valence-electron chi connectivity index (χ3n) is 3.72. The minimum absolute atomic E-state index is 0.455. The maximum Gasteiger partial charge on any atom is 0.141 e. The Morgan fingerprint density at radius 2 is 1.81 bits per heavy atom. The van der Waals surface area contributed by atoms with E-state index in [0.717, 1.165) is 28.0 Å². The van der Waals surface area contributed by atoms with Crippen molar-refractivity contribution in [2.24, 2.45) is 0 Å². The van der Waals surface area contributed by atoms with Crippen molar-refractivity contribution in [1.82, 2.24) is 0 Å². The van der Waals surface area contributed by atoms with Crippen LogP contribution in [0.25, 0.3) is 0 Å². The average molecular weight is 349 g/mol. The summed E-state index contributed by atoms with van der Waals surface area (Å²) >= 11 is 3.52. The van der Waals surface area contributed by atoms with Gasteiger partial charge in [-0.05, 0) is 64.5 Å². The Morgan fingerprint density at radius 1 is 1.10 bits per heavy atom. The molecule has 2 nitrogen and oxygen atoms in total. The first kappa shape index (κ1) is 16.1. The van der Waals surface area contributed by atoms with Gasteiger partial charge in [0.05, 0.1) is 10.6 Å². The molecule has 2 aromatic rings. The molecule has 0 fully saturated rings. The summed E-state index contributed by atoms with van der Waals surface area (Å²) in [6.45, 7) is 6.13. The van der Waals surface area contributed by atoms with Gasteiger partial charge in [-0.15, -0.1) is 0 Å². The molecule has 0 spiro atoms. The number of rotatable bonds is 5. The molecular formula is C18H21BrO2. The predicted molar refractivity (Wildman–Crippen MR) is 90.0 cm³/mol. The van der Waals surface area contributed by atoms with E-state index in [1.54, 1.807) is 6.92 Å². The molecule has 3 heteroatoms. The molecule has 0 heterocycles. The molecule has 1 N–H and O–H groups in total. The van der Waals surface area contributed by atoms with Crippen LogP contribution in [0.1, 0.15) is 50.3 Å². The highest BCUT2D eigenvalue weighted by atomic mass is 79.9. The lowest BCUT2D eigenvalue weighted by Crippen LogP contribution is -1.97. The molecule has 2 atom stereocenters. The van der Waals surface area contributed by atoms with Gasteiger partial charge in [0.2, 0.25) is 0 Å². The fourth-order valence-electron chi connectivity index (χ4n) is 2.18. The van der Waals surface area contributed by atoms with E-state index in [4.69, 9.17) is 4.74 Å². The molecule has 2 aromatic carbocycles. The Balaban J connectivity index is 2.30. The van der Waals surface area contributed by atoms with Crippen LogP contribution in [0.5, 0.6) is 11.5 Å². The van der Waals surface area contributed by atoms with Crippen molar-refractivity contribution in [3.05, 3.63) is 58.1 Å². The Kier molecular flexibility index (Phi) is 5.43. The van der Waals surface area contributed by atoms with E-state index in [-0.39, 0.29) is 0 Å². The first-order chi connectivity index (χ1) is 10.0. The summed E-state index contributed by atoms with van der Waals surface area (Å²) in [5.41, 5.74) is 2.08. The van der Waals surface area contributed by atoms with Crippen LogP contribution >= 0.6 is 15.9 Å². The van der Waals surface area contributed by atoms with Crippen molar-refractivity contribution in [2.45, 2.75) is 39.2 Å². The number of halogens is 1. The molecule has 2 rings (SSSR count). The van der Waals surface area contributed by atoms with Crippen LogP contribution in [-0.4, -0.2) is 5.11 Å². The molecule has 21 heavy (non-hydrogen) atoms. The van der Waals surface area contributed by atoms with Crippen LogP contribution in [-0.2, 0) is 0 Å². The molecule has 0 aliphatic carbocycles. The monoisotopic (exact) mass is 348 g/mol. The minimum atomic E-state index is -0.484. The van der Waals surface area contributed by atoms with E-state index in [1.165, 1.54) is 5.56 Å². The number of aliphatic hydroxyl groups is 1. The van der Waals surface area contributed by atoms with Crippen molar-refractivity contribution in [3.63, 3.8) is 0 Å². The quantitative estimate of drug-likeness (QED) is 0.738. The lowest BCUT2D eigenvalue weighted by Gasteiger charge is -2.16. The molecule has 0 saturated carbocycles.